The fraction of sp³-hybridized carbons (Fsp3) is 0.333. The number of hydrogen-bond acceptors (Lipinski definition) is 7. The van der Waals surface area contributed by atoms with Crippen LogP contribution in [0.25, 0.3) is 0 Å². The van der Waals surface area contributed by atoms with Crippen LogP contribution in [0.5, 0.6) is 11.5 Å². The SMILES string of the molecule is CCc1cc(Cc2cc(C)c(NC(=S)OCCOc3ccc(Sc4ccc(OCCOC(=S)NC)cc4)cc3)c(CC)c2)cc(C)c1C. The van der Waals surface area contributed by atoms with Gasteiger partial charge in [0, 0.05) is 22.5 Å². The zero-order valence-electron chi connectivity index (χ0n) is 28.7. The Hall–Kier alpha value is -3.79. The Kier molecular flexibility index (Phi) is 14.4. The second kappa shape index (κ2) is 18.7. The lowest BCUT2D eigenvalue weighted by atomic mass is 9.93. The predicted molar refractivity (Wildman–Crippen MR) is 206 cm³/mol. The monoisotopic (exact) mass is 702 g/mol. The standard InChI is InChI=1S/C39H46N2O4S3/c1-7-31-24-29(21-26(3)28(31)5)23-30-22-27(4)37(32(8-2)25-30)41-39(47)45-20-18-43-34-11-15-36(16-12-34)48-35-13-9-33(10-14-35)42-17-19-44-38(46)40-6/h9-16,21-22,24-25H,7-8,17-20,23H2,1-6H3,(H,40,46)(H,41,47). The summed E-state index contributed by atoms with van der Waals surface area (Å²) in [6.07, 6.45) is 2.86. The van der Waals surface area contributed by atoms with Gasteiger partial charge in [-0.25, -0.2) is 0 Å². The first-order chi connectivity index (χ1) is 23.2. The molecule has 0 aliphatic rings. The van der Waals surface area contributed by atoms with Crippen LogP contribution in [0, 0.1) is 20.8 Å². The van der Waals surface area contributed by atoms with Crippen LogP contribution >= 0.6 is 36.2 Å². The molecule has 0 aliphatic heterocycles. The van der Waals surface area contributed by atoms with E-state index < -0.39 is 0 Å². The molecule has 4 aromatic rings. The van der Waals surface area contributed by atoms with Gasteiger partial charge in [0.2, 0.25) is 0 Å². The zero-order valence-corrected chi connectivity index (χ0v) is 31.2. The van der Waals surface area contributed by atoms with Gasteiger partial charge in [-0.05, 0) is 152 Å². The molecule has 4 aromatic carbocycles. The molecule has 2 N–H and O–H groups in total. The van der Waals surface area contributed by atoms with Crippen molar-refractivity contribution >= 4 is 52.2 Å². The van der Waals surface area contributed by atoms with E-state index in [1.54, 1.807) is 18.8 Å². The summed E-state index contributed by atoms with van der Waals surface area (Å²) in [6, 6.07) is 25.2. The largest absolute Gasteiger partial charge is 0.490 e. The number of aryl methyl sites for hydroxylation is 4. The quantitative estimate of drug-likeness (QED) is 0.0933. The maximum Gasteiger partial charge on any atom is 0.261 e. The Morgan fingerprint density at radius 2 is 1.15 bits per heavy atom. The second-order valence-corrected chi connectivity index (χ2v) is 13.3. The maximum absolute atomic E-state index is 5.91. The summed E-state index contributed by atoms with van der Waals surface area (Å²) >= 11 is 12.2. The summed E-state index contributed by atoms with van der Waals surface area (Å²) < 4.78 is 22.7. The minimum atomic E-state index is 0.343. The van der Waals surface area contributed by atoms with E-state index in [-0.39, 0.29) is 0 Å². The third kappa shape index (κ3) is 11.1. The van der Waals surface area contributed by atoms with E-state index in [0.717, 1.165) is 51.8 Å². The molecule has 0 aromatic heterocycles. The molecule has 4 rings (SSSR count). The molecule has 0 saturated heterocycles. The van der Waals surface area contributed by atoms with Gasteiger partial charge in [0.1, 0.15) is 37.9 Å². The minimum absolute atomic E-state index is 0.343. The third-order valence-corrected chi connectivity index (χ3v) is 9.52. The lowest BCUT2D eigenvalue weighted by Gasteiger charge is -2.18. The molecular formula is C39H46N2O4S3. The normalized spacial score (nSPS) is 10.7. The number of ether oxygens (including phenoxy) is 4. The summed E-state index contributed by atoms with van der Waals surface area (Å²) in [7, 11) is 1.73. The van der Waals surface area contributed by atoms with Crippen LogP contribution in [-0.4, -0.2) is 43.8 Å². The van der Waals surface area contributed by atoms with Crippen LogP contribution in [0.1, 0.15) is 52.8 Å². The van der Waals surface area contributed by atoms with Crippen LogP contribution in [0.3, 0.4) is 0 Å². The highest BCUT2D eigenvalue weighted by atomic mass is 32.2. The number of anilines is 1. The lowest BCUT2D eigenvalue weighted by molar-refractivity contribution is 0.208. The van der Waals surface area contributed by atoms with Crippen LogP contribution in [0.4, 0.5) is 5.69 Å². The molecule has 0 saturated carbocycles. The van der Waals surface area contributed by atoms with Crippen LogP contribution in [0.2, 0.25) is 0 Å². The molecule has 0 unspecified atom stereocenters. The van der Waals surface area contributed by atoms with Gasteiger partial charge in [-0.3, -0.25) is 0 Å². The van der Waals surface area contributed by atoms with E-state index >= 15 is 0 Å². The Balaban J connectivity index is 1.21. The average Bonchev–Trinajstić information content (AvgIpc) is 3.09. The van der Waals surface area contributed by atoms with Gasteiger partial charge >= 0.3 is 0 Å². The number of nitrogens with one attached hydrogen (secondary N) is 2. The number of rotatable bonds is 15. The molecule has 0 spiro atoms. The maximum atomic E-state index is 5.91. The number of thiocarbonyl (C=S) groups is 2. The van der Waals surface area contributed by atoms with Crippen molar-refractivity contribution in [3.63, 3.8) is 0 Å². The molecule has 0 bridgehead atoms. The van der Waals surface area contributed by atoms with Crippen molar-refractivity contribution in [1.29, 1.82) is 0 Å². The Morgan fingerprint density at radius 3 is 1.67 bits per heavy atom. The summed E-state index contributed by atoms with van der Waals surface area (Å²) in [5, 5.41) is 6.81. The Morgan fingerprint density at radius 1 is 0.646 bits per heavy atom. The average molecular weight is 703 g/mol. The van der Waals surface area contributed by atoms with Gasteiger partial charge in [-0.1, -0.05) is 49.9 Å². The van der Waals surface area contributed by atoms with Crippen molar-refractivity contribution in [3.8, 4) is 11.5 Å². The highest BCUT2D eigenvalue weighted by Crippen LogP contribution is 2.30. The summed E-state index contributed by atoms with van der Waals surface area (Å²) in [5.41, 5.74) is 10.3. The number of benzene rings is 4. The molecule has 6 nitrogen and oxygen atoms in total. The molecular weight excluding hydrogens is 657 g/mol. The topological polar surface area (TPSA) is 61.0 Å². The fourth-order valence-electron chi connectivity index (χ4n) is 5.36. The smallest absolute Gasteiger partial charge is 0.261 e. The van der Waals surface area contributed by atoms with E-state index in [2.05, 4.69) is 69.5 Å². The second-order valence-electron chi connectivity index (χ2n) is 11.4. The van der Waals surface area contributed by atoms with Crippen LogP contribution < -0.4 is 20.1 Å². The van der Waals surface area contributed by atoms with Gasteiger partial charge in [0.25, 0.3) is 10.3 Å². The summed E-state index contributed by atoms with van der Waals surface area (Å²) in [6.45, 7) is 12.5. The lowest BCUT2D eigenvalue weighted by Crippen LogP contribution is -2.21. The van der Waals surface area contributed by atoms with E-state index in [9.17, 15) is 0 Å². The van der Waals surface area contributed by atoms with Crippen molar-refractivity contribution in [3.05, 3.63) is 112 Å². The molecule has 0 fully saturated rings. The Labute approximate surface area is 300 Å². The fourth-order valence-corrected chi connectivity index (χ4v) is 6.45. The van der Waals surface area contributed by atoms with Crippen molar-refractivity contribution in [2.45, 2.75) is 63.7 Å². The predicted octanol–water partition coefficient (Wildman–Crippen LogP) is 9.17. The highest BCUT2D eigenvalue weighted by molar-refractivity contribution is 7.99. The van der Waals surface area contributed by atoms with E-state index in [1.165, 1.54) is 33.4 Å². The highest BCUT2D eigenvalue weighted by Gasteiger charge is 2.12. The summed E-state index contributed by atoms with van der Waals surface area (Å²) in [4.78, 5) is 2.22. The van der Waals surface area contributed by atoms with Gasteiger partial charge < -0.3 is 29.6 Å². The zero-order chi connectivity index (χ0) is 34.5. The molecule has 254 valence electrons. The van der Waals surface area contributed by atoms with E-state index in [0.29, 0.717) is 36.8 Å². The van der Waals surface area contributed by atoms with Crippen molar-refractivity contribution in [1.82, 2.24) is 5.32 Å². The molecule has 9 heteroatoms. The Bertz CT molecular complexity index is 1670. The first kappa shape index (κ1) is 37.0. The molecule has 0 aliphatic carbocycles. The first-order valence-corrected chi connectivity index (χ1v) is 18.0. The van der Waals surface area contributed by atoms with Gasteiger partial charge in [-0.2, -0.15) is 0 Å². The minimum Gasteiger partial charge on any atom is -0.490 e. The first-order valence-electron chi connectivity index (χ1n) is 16.3. The van der Waals surface area contributed by atoms with Crippen LogP contribution in [-0.2, 0) is 28.7 Å². The molecule has 48 heavy (non-hydrogen) atoms. The number of hydrogen-bond donors (Lipinski definition) is 2. The molecule has 0 radical (unpaired) electrons. The van der Waals surface area contributed by atoms with Crippen molar-refractivity contribution in [2.75, 3.05) is 38.8 Å². The molecule has 0 amide bonds. The molecule has 0 heterocycles. The van der Waals surface area contributed by atoms with Gasteiger partial charge in [0.05, 0.1) is 0 Å². The van der Waals surface area contributed by atoms with E-state index in [4.69, 9.17) is 43.4 Å². The van der Waals surface area contributed by atoms with Crippen LogP contribution in [0.15, 0.2) is 82.6 Å². The van der Waals surface area contributed by atoms with E-state index in [1.807, 2.05) is 48.5 Å². The third-order valence-electron chi connectivity index (χ3n) is 7.97. The van der Waals surface area contributed by atoms with Crippen molar-refractivity contribution < 1.29 is 18.9 Å². The van der Waals surface area contributed by atoms with Gasteiger partial charge in [0.15, 0.2) is 0 Å². The molecule has 0 atom stereocenters. The van der Waals surface area contributed by atoms with Gasteiger partial charge in [-0.15, -0.1) is 0 Å². The summed E-state index contributed by atoms with van der Waals surface area (Å²) in [5.74, 6) is 1.56. The van der Waals surface area contributed by atoms with Crippen molar-refractivity contribution in [2.24, 2.45) is 0 Å².